The SMILES string of the molecule is CNCCOc1ccc2c3c(cccc13)C(=O)c1c-2oc2ccccc12. The number of hydrogen-bond donors (Lipinski definition) is 1. The first-order valence-electron chi connectivity index (χ1n) is 8.69. The number of furan rings is 1. The van der Waals surface area contributed by atoms with Gasteiger partial charge in [0.25, 0.3) is 0 Å². The highest BCUT2D eigenvalue weighted by atomic mass is 16.5. The summed E-state index contributed by atoms with van der Waals surface area (Å²) in [5.74, 6) is 1.45. The van der Waals surface area contributed by atoms with Crippen LogP contribution >= 0.6 is 0 Å². The highest BCUT2D eigenvalue weighted by molar-refractivity contribution is 6.29. The van der Waals surface area contributed by atoms with Crippen molar-refractivity contribution in [1.29, 1.82) is 0 Å². The number of carbonyl (C=O) groups is 1. The molecule has 0 aliphatic heterocycles. The van der Waals surface area contributed by atoms with Gasteiger partial charge in [-0.3, -0.25) is 4.79 Å². The van der Waals surface area contributed by atoms with Crippen LogP contribution < -0.4 is 10.1 Å². The number of benzene rings is 3. The summed E-state index contributed by atoms with van der Waals surface area (Å²) in [4.78, 5) is 13.2. The number of ketones is 1. The molecule has 5 rings (SSSR count). The van der Waals surface area contributed by atoms with Gasteiger partial charge in [-0.05, 0) is 25.2 Å². The Morgan fingerprint density at radius 1 is 0.962 bits per heavy atom. The summed E-state index contributed by atoms with van der Waals surface area (Å²) in [6.45, 7) is 1.33. The maximum absolute atomic E-state index is 13.2. The number of ether oxygens (including phenoxy) is 1. The van der Waals surface area contributed by atoms with E-state index in [1.807, 2.05) is 61.6 Å². The minimum absolute atomic E-state index is 0.00965. The highest BCUT2D eigenvalue weighted by Gasteiger charge is 2.31. The topological polar surface area (TPSA) is 51.5 Å². The van der Waals surface area contributed by atoms with Crippen molar-refractivity contribution in [3.63, 3.8) is 0 Å². The molecule has 1 heterocycles. The van der Waals surface area contributed by atoms with Crippen LogP contribution in [0.3, 0.4) is 0 Å². The van der Waals surface area contributed by atoms with Gasteiger partial charge in [-0.25, -0.2) is 0 Å². The van der Waals surface area contributed by atoms with Crippen molar-refractivity contribution < 1.29 is 13.9 Å². The second-order valence-electron chi connectivity index (χ2n) is 6.42. The summed E-state index contributed by atoms with van der Waals surface area (Å²) in [6, 6.07) is 17.4. The zero-order valence-corrected chi connectivity index (χ0v) is 14.3. The van der Waals surface area contributed by atoms with Gasteiger partial charge in [0.05, 0.1) is 5.56 Å². The summed E-state index contributed by atoms with van der Waals surface area (Å²) in [5, 5.41) is 5.79. The molecule has 3 aromatic carbocycles. The van der Waals surface area contributed by atoms with Crippen LogP contribution in [0.4, 0.5) is 0 Å². The van der Waals surface area contributed by atoms with E-state index in [4.69, 9.17) is 9.15 Å². The van der Waals surface area contributed by atoms with Crippen LogP contribution in [0.5, 0.6) is 5.75 Å². The molecule has 0 unspecified atom stereocenters. The van der Waals surface area contributed by atoms with Gasteiger partial charge in [0.2, 0.25) is 0 Å². The average molecular weight is 343 g/mol. The number of para-hydroxylation sites is 1. The van der Waals surface area contributed by atoms with E-state index in [-0.39, 0.29) is 5.78 Å². The quantitative estimate of drug-likeness (QED) is 0.492. The Labute approximate surface area is 150 Å². The first-order valence-corrected chi connectivity index (χ1v) is 8.69. The third-order valence-corrected chi connectivity index (χ3v) is 4.92. The van der Waals surface area contributed by atoms with Gasteiger partial charge in [0.1, 0.15) is 23.7 Å². The molecule has 1 N–H and O–H groups in total. The van der Waals surface area contributed by atoms with Crippen LogP contribution in [0, 0.1) is 0 Å². The lowest BCUT2D eigenvalue weighted by Gasteiger charge is -2.18. The van der Waals surface area contributed by atoms with Gasteiger partial charge in [0.15, 0.2) is 5.78 Å². The van der Waals surface area contributed by atoms with Gasteiger partial charge in [-0.15, -0.1) is 0 Å². The van der Waals surface area contributed by atoms with E-state index < -0.39 is 0 Å². The number of nitrogens with one attached hydrogen (secondary N) is 1. The first kappa shape index (κ1) is 15.2. The van der Waals surface area contributed by atoms with E-state index in [1.165, 1.54) is 0 Å². The van der Waals surface area contributed by atoms with E-state index in [1.54, 1.807) is 0 Å². The molecule has 1 aliphatic rings. The van der Waals surface area contributed by atoms with Gasteiger partial charge < -0.3 is 14.5 Å². The lowest BCUT2D eigenvalue weighted by Crippen LogP contribution is -2.16. The number of rotatable bonds is 4. The third kappa shape index (κ3) is 2.02. The molecule has 1 aromatic heterocycles. The Bertz CT molecular complexity index is 1170. The molecule has 0 fully saturated rings. The predicted octanol–water partition coefficient (Wildman–Crippen LogP) is 4.40. The van der Waals surface area contributed by atoms with Crippen LogP contribution in [0.25, 0.3) is 33.1 Å². The fraction of sp³-hybridized carbons (Fsp3) is 0.136. The molecule has 26 heavy (non-hydrogen) atoms. The second-order valence-corrected chi connectivity index (χ2v) is 6.42. The van der Waals surface area contributed by atoms with Crippen LogP contribution in [0.15, 0.2) is 59.0 Å². The maximum atomic E-state index is 13.2. The summed E-state index contributed by atoms with van der Waals surface area (Å²) >= 11 is 0. The average Bonchev–Trinajstić information content (AvgIpc) is 3.06. The van der Waals surface area contributed by atoms with Gasteiger partial charge >= 0.3 is 0 Å². The fourth-order valence-corrected chi connectivity index (χ4v) is 3.74. The standard InChI is InChI=1S/C22H17NO3/c1-23-11-12-25-17-10-9-16-19-13(17)6-4-7-15(19)21(24)20-14-5-2-3-8-18(14)26-22(16)20/h2-10,23H,11-12H2,1H3. The van der Waals surface area contributed by atoms with Crippen molar-refractivity contribution >= 4 is 27.5 Å². The molecule has 0 radical (unpaired) electrons. The van der Waals surface area contributed by atoms with E-state index >= 15 is 0 Å². The second kappa shape index (κ2) is 5.71. The predicted molar refractivity (Wildman–Crippen MR) is 102 cm³/mol. The van der Waals surface area contributed by atoms with Crippen molar-refractivity contribution in [2.75, 3.05) is 20.2 Å². The molecular weight excluding hydrogens is 326 g/mol. The molecule has 0 amide bonds. The Kier molecular flexibility index (Phi) is 3.33. The largest absolute Gasteiger partial charge is 0.492 e. The monoisotopic (exact) mass is 343 g/mol. The summed E-state index contributed by atoms with van der Waals surface area (Å²) in [5.41, 5.74) is 3.04. The summed E-state index contributed by atoms with van der Waals surface area (Å²) < 4.78 is 12.0. The van der Waals surface area contributed by atoms with Crippen LogP contribution in [-0.2, 0) is 0 Å². The van der Waals surface area contributed by atoms with Crippen molar-refractivity contribution in [3.8, 4) is 17.1 Å². The lowest BCUT2D eigenvalue weighted by molar-refractivity contribution is 0.104. The van der Waals surface area contributed by atoms with Gasteiger partial charge in [-0.1, -0.05) is 36.4 Å². The maximum Gasteiger partial charge on any atom is 0.198 e. The lowest BCUT2D eigenvalue weighted by atomic mass is 9.85. The van der Waals surface area contributed by atoms with Crippen LogP contribution in [0.1, 0.15) is 15.9 Å². The van der Waals surface area contributed by atoms with Crippen LogP contribution in [-0.4, -0.2) is 26.0 Å². The molecule has 0 spiro atoms. The molecule has 0 atom stereocenters. The number of carbonyl (C=O) groups excluding carboxylic acids is 1. The van der Waals surface area contributed by atoms with Crippen LogP contribution in [0.2, 0.25) is 0 Å². The molecule has 4 aromatic rings. The Balaban J connectivity index is 1.79. The Morgan fingerprint density at radius 2 is 1.81 bits per heavy atom. The van der Waals surface area contributed by atoms with E-state index in [2.05, 4.69) is 5.32 Å². The number of hydrogen-bond acceptors (Lipinski definition) is 4. The summed E-state index contributed by atoms with van der Waals surface area (Å²) in [6.07, 6.45) is 0. The Morgan fingerprint density at radius 3 is 2.69 bits per heavy atom. The third-order valence-electron chi connectivity index (χ3n) is 4.92. The minimum Gasteiger partial charge on any atom is -0.492 e. The molecule has 1 aliphatic carbocycles. The molecule has 4 nitrogen and oxygen atoms in total. The number of fused-ring (bicyclic) bond motifs is 4. The van der Waals surface area contributed by atoms with E-state index in [9.17, 15) is 4.79 Å². The molecular formula is C22H17NO3. The fourth-order valence-electron chi connectivity index (χ4n) is 3.74. The normalized spacial score (nSPS) is 12.6. The molecule has 128 valence electrons. The van der Waals surface area contributed by atoms with Crippen molar-refractivity contribution in [3.05, 3.63) is 65.7 Å². The zero-order chi connectivity index (χ0) is 17.7. The molecule has 0 bridgehead atoms. The molecule has 4 heteroatoms. The number of likely N-dealkylation sites (N-methyl/N-ethyl adjacent to an activating group) is 1. The smallest absolute Gasteiger partial charge is 0.198 e. The van der Waals surface area contributed by atoms with Crippen molar-refractivity contribution in [2.45, 2.75) is 0 Å². The molecule has 0 saturated heterocycles. The minimum atomic E-state index is 0.00965. The van der Waals surface area contributed by atoms with Gasteiger partial charge in [0, 0.05) is 33.8 Å². The van der Waals surface area contributed by atoms with E-state index in [0.717, 1.165) is 39.6 Å². The summed E-state index contributed by atoms with van der Waals surface area (Å²) in [7, 11) is 1.89. The van der Waals surface area contributed by atoms with Crippen molar-refractivity contribution in [2.24, 2.45) is 0 Å². The van der Waals surface area contributed by atoms with Gasteiger partial charge in [-0.2, -0.15) is 0 Å². The molecule has 0 saturated carbocycles. The highest BCUT2D eigenvalue weighted by Crippen LogP contribution is 2.45. The first-order chi connectivity index (χ1) is 12.8. The van der Waals surface area contributed by atoms with E-state index in [0.29, 0.717) is 23.5 Å². The zero-order valence-electron chi connectivity index (χ0n) is 14.3. The Hall–Kier alpha value is -3.11. The van der Waals surface area contributed by atoms with Crippen molar-refractivity contribution in [1.82, 2.24) is 5.32 Å².